The molecule has 0 aliphatic heterocycles. The Labute approximate surface area is 193 Å². The molecule has 4 aromatic carbocycles. The Hall–Kier alpha value is -3.27. The maximum atomic E-state index is 6.32. The molecule has 1 aromatic heterocycles. The lowest BCUT2D eigenvalue weighted by molar-refractivity contribution is 0.303. The van der Waals surface area contributed by atoms with E-state index in [4.69, 9.17) is 16.3 Å². The predicted octanol–water partition coefficient (Wildman–Crippen LogP) is 6.89. The van der Waals surface area contributed by atoms with Gasteiger partial charge in [0.25, 0.3) is 0 Å². The van der Waals surface area contributed by atoms with Gasteiger partial charge in [0.15, 0.2) is 0 Å². The van der Waals surface area contributed by atoms with Crippen LogP contribution in [0.5, 0.6) is 5.75 Å². The van der Waals surface area contributed by atoms with Crippen molar-refractivity contribution in [3.05, 3.63) is 113 Å². The molecule has 0 aliphatic rings. The standard InChI is InChI=1S/C28H25ClN2O/c29-26-11-5-2-8-22(26)19-32-28-14-13-20-7-1-3-9-23(20)25(28)18-30-16-15-21-17-31-27-12-6-4-10-24(21)27/h1-14,17,30-31H,15-16,18-19H2. The first kappa shape index (κ1) is 20.6. The molecule has 0 atom stereocenters. The highest BCUT2D eigenvalue weighted by Crippen LogP contribution is 2.29. The minimum Gasteiger partial charge on any atom is -0.488 e. The van der Waals surface area contributed by atoms with Gasteiger partial charge in [-0.25, -0.2) is 0 Å². The lowest BCUT2D eigenvalue weighted by atomic mass is 10.0. The normalized spacial score (nSPS) is 11.3. The Morgan fingerprint density at radius 1 is 0.781 bits per heavy atom. The van der Waals surface area contributed by atoms with Gasteiger partial charge in [-0.05, 0) is 47.5 Å². The van der Waals surface area contributed by atoms with Crippen LogP contribution in [0.2, 0.25) is 5.02 Å². The summed E-state index contributed by atoms with van der Waals surface area (Å²) in [5.74, 6) is 0.892. The summed E-state index contributed by atoms with van der Waals surface area (Å²) >= 11 is 6.32. The Morgan fingerprint density at radius 2 is 1.56 bits per heavy atom. The molecule has 0 bridgehead atoms. The van der Waals surface area contributed by atoms with Crippen LogP contribution in [0.1, 0.15) is 16.7 Å². The minimum absolute atomic E-state index is 0.445. The molecular weight excluding hydrogens is 416 g/mol. The van der Waals surface area contributed by atoms with Gasteiger partial charge in [-0.3, -0.25) is 0 Å². The molecule has 0 radical (unpaired) electrons. The maximum absolute atomic E-state index is 6.32. The Kier molecular flexibility index (Phi) is 6.11. The third-order valence-corrected chi connectivity index (χ3v) is 6.26. The number of halogens is 1. The molecule has 0 spiro atoms. The first-order valence-corrected chi connectivity index (χ1v) is 11.3. The maximum Gasteiger partial charge on any atom is 0.124 e. The Bertz CT molecular complexity index is 1360. The summed E-state index contributed by atoms with van der Waals surface area (Å²) < 4.78 is 6.24. The first-order valence-electron chi connectivity index (χ1n) is 10.9. The number of nitrogens with one attached hydrogen (secondary N) is 2. The summed E-state index contributed by atoms with van der Waals surface area (Å²) in [6, 6.07) is 28.9. The van der Waals surface area contributed by atoms with Crippen LogP contribution < -0.4 is 10.1 Å². The number of rotatable bonds is 8. The fraction of sp³-hybridized carbons (Fsp3) is 0.143. The molecule has 5 rings (SSSR count). The number of aromatic nitrogens is 1. The summed E-state index contributed by atoms with van der Waals surface area (Å²) in [6.45, 7) is 2.07. The van der Waals surface area contributed by atoms with Crippen molar-refractivity contribution in [2.45, 2.75) is 19.6 Å². The quantitative estimate of drug-likeness (QED) is 0.258. The molecular formula is C28H25ClN2O. The zero-order valence-electron chi connectivity index (χ0n) is 17.8. The fourth-order valence-corrected chi connectivity index (χ4v) is 4.37. The van der Waals surface area contributed by atoms with E-state index >= 15 is 0 Å². The van der Waals surface area contributed by atoms with Crippen molar-refractivity contribution >= 4 is 33.3 Å². The van der Waals surface area contributed by atoms with Crippen LogP contribution in [-0.2, 0) is 19.6 Å². The molecule has 160 valence electrons. The van der Waals surface area contributed by atoms with Crippen molar-refractivity contribution in [1.29, 1.82) is 0 Å². The number of H-pyrrole nitrogens is 1. The van der Waals surface area contributed by atoms with Gasteiger partial charge in [-0.15, -0.1) is 0 Å². The largest absolute Gasteiger partial charge is 0.488 e. The van der Waals surface area contributed by atoms with Gasteiger partial charge in [0.1, 0.15) is 12.4 Å². The molecule has 2 N–H and O–H groups in total. The molecule has 0 aliphatic carbocycles. The number of para-hydroxylation sites is 1. The van der Waals surface area contributed by atoms with E-state index in [-0.39, 0.29) is 0 Å². The highest BCUT2D eigenvalue weighted by molar-refractivity contribution is 6.31. The lowest BCUT2D eigenvalue weighted by Crippen LogP contribution is -2.17. The van der Waals surface area contributed by atoms with E-state index < -0.39 is 0 Å². The van der Waals surface area contributed by atoms with Crippen LogP contribution in [0, 0.1) is 0 Å². The molecule has 5 aromatic rings. The topological polar surface area (TPSA) is 37.0 Å². The second-order valence-electron chi connectivity index (χ2n) is 7.93. The predicted molar refractivity (Wildman–Crippen MR) is 133 cm³/mol. The summed E-state index contributed by atoms with van der Waals surface area (Å²) in [6.07, 6.45) is 3.08. The number of ether oxygens (including phenoxy) is 1. The zero-order valence-corrected chi connectivity index (χ0v) is 18.5. The number of hydrogen-bond acceptors (Lipinski definition) is 2. The summed E-state index contributed by atoms with van der Waals surface area (Å²) in [5, 5.41) is 8.08. The minimum atomic E-state index is 0.445. The van der Waals surface area contributed by atoms with Crippen LogP contribution in [0.3, 0.4) is 0 Å². The number of fused-ring (bicyclic) bond motifs is 2. The van der Waals surface area contributed by atoms with Gasteiger partial charge in [-0.2, -0.15) is 0 Å². The van der Waals surface area contributed by atoms with Gasteiger partial charge in [0.05, 0.1) is 0 Å². The highest BCUT2D eigenvalue weighted by atomic mass is 35.5. The number of aromatic amines is 1. The van der Waals surface area contributed by atoms with E-state index in [1.165, 1.54) is 32.8 Å². The monoisotopic (exact) mass is 440 g/mol. The molecule has 0 unspecified atom stereocenters. The van der Waals surface area contributed by atoms with Gasteiger partial charge in [0, 0.05) is 39.8 Å². The Morgan fingerprint density at radius 3 is 2.47 bits per heavy atom. The fourth-order valence-electron chi connectivity index (χ4n) is 4.18. The van der Waals surface area contributed by atoms with E-state index in [0.29, 0.717) is 6.61 Å². The second-order valence-corrected chi connectivity index (χ2v) is 8.34. The van der Waals surface area contributed by atoms with Crippen LogP contribution in [0.15, 0.2) is 91.1 Å². The summed E-state index contributed by atoms with van der Waals surface area (Å²) in [5.41, 5.74) is 4.68. The molecule has 0 amide bonds. The molecule has 32 heavy (non-hydrogen) atoms. The van der Waals surface area contributed by atoms with Crippen molar-refractivity contribution < 1.29 is 4.74 Å². The Balaban J connectivity index is 1.32. The van der Waals surface area contributed by atoms with Gasteiger partial charge < -0.3 is 15.0 Å². The lowest BCUT2D eigenvalue weighted by Gasteiger charge is -2.16. The molecule has 3 nitrogen and oxygen atoms in total. The van der Waals surface area contributed by atoms with Crippen molar-refractivity contribution in [3.8, 4) is 5.75 Å². The molecule has 0 saturated heterocycles. The molecule has 4 heteroatoms. The van der Waals surface area contributed by atoms with Crippen LogP contribution >= 0.6 is 11.6 Å². The molecule has 1 heterocycles. The van der Waals surface area contributed by atoms with E-state index in [0.717, 1.165) is 35.8 Å². The molecule has 0 fully saturated rings. The van der Waals surface area contributed by atoms with Crippen molar-refractivity contribution in [2.75, 3.05) is 6.54 Å². The average Bonchev–Trinajstić information content (AvgIpc) is 3.25. The van der Waals surface area contributed by atoms with Crippen molar-refractivity contribution in [2.24, 2.45) is 0 Å². The highest BCUT2D eigenvalue weighted by Gasteiger charge is 2.10. The summed E-state index contributed by atoms with van der Waals surface area (Å²) in [7, 11) is 0. The number of benzene rings is 4. The average molecular weight is 441 g/mol. The van der Waals surface area contributed by atoms with Crippen molar-refractivity contribution in [1.82, 2.24) is 10.3 Å². The molecule has 0 saturated carbocycles. The smallest absolute Gasteiger partial charge is 0.124 e. The van der Waals surface area contributed by atoms with E-state index in [1.54, 1.807) is 0 Å². The van der Waals surface area contributed by atoms with Gasteiger partial charge >= 0.3 is 0 Å². The van der Waals surface area contributed by atoms with Crippen LogP contribution in [-0.4, -0.2) is 11.5 Å². The van der Waals surface area contributed by atoms with Crippen molar-refractivity contribution in [3.63, 3.8) is 0 Å². The van der Waals surface area contributed by atoms with Gasteiger partial charge in [0.2, 0.25) is 0 Å². The van der Waals surface area contributed by atoms with Crippen LogP contribution in [0.4, 0.5) is 0 Å². The number of hydrogen-bond donors (Lipinski definition) is 2. The van der Waals surface area contributed by atoms with E-state index in [2.05, 4.69) is 77.2 Å². The van der Waals surface area contributed by atoms with Crippen LogP contribution in [0.25, 0.3) is 21.7 Å². The van der Waals surface area contributed by atoms with Gasteiger partial charge in [-0.1, -0.05) is 78.3 Å². The summed E-state index contributed by atoms with van der Waals surface area (Å²) in [4.78, 5) is 3.36. The zero-order chi connectivity index (χ0) is 21.8. The second kappa shape index (κ2) is 9.47. The third kappa shape index (κ3) is 4.36. The SMILES string of the molecule is Clc1ccccc1COc1ccc2ccccc2c1CNCCc1c[nH]c2ccccc12. The first-order chi connectivity index (χ1) is 15.8. The third-order valence-electron chi connectivity index (χ3n) is 5.89. The van der Waals surface area contributed by atoms with E-state index in [1.807, 2.05) is 24.3 Å². The van der Waals surface area contributed by atoms with E-state index in [9.17, 15) is 0 Å².